The highest BCUT2D eigenvalue weighted by atomic mass is 16.3. The first-order valence-corrected chi connectivity index (χ1v) is 7.07. The van der Waals surface area contributed by atoms with Crippen molar-refractivity contribution in [1.82, 2.24) is 20.1 Å². The normalized spacial score (nSPS) is 19.6. The number of phenols is 1. The fourth-order valence-electron chi connectivity index (χ4n) is 3.02. The van der Waals surface area contributed by atoms with E-state index in [1.807, 2.05) is 23.7 Å². The summed E-state index contributed by atoms with van der Waals surface area (Å²) in [4.78, 5) is 0. The lowest BCUT2D eigenvalue weighted by Gasteiger charge is -2.29. The second-order valence-corrected chi connectivity index (χ2v) is 5.52. The zero-order valence-corrected chi connectivity index (χ0v) is 11.9. The molecule has 5 nitrogen and oxygen atoms in total. The second kappa shape index (κ2) is 5.25. The lowest BCUT2D eigenvalue weighted by molar-refractivity contribution is 0.397. The van der Waals surface area contributed by atoms with Crippen LogP contribution in [0, 0.1) is 0 Å². The summed E-state index contributed by atoms with van der Waals surface area (Å²) in [6.45, 7) is 2.10. The zero-order chi connectivity index (χ0) is 14.1. The summed E-state index contributed by atoms with van der Waals surface area (Å²) in [5, 5.41) is 21.4. The van der Waals surface area contributed by atoms with E-state index in [1.165, 1.54) is 17.5 Å². The third kappa shape index (κ3) is 2.41. The molecule has 2 aromatic rings. The largest absolute Gasteiger partial charge is 0.508 e. The van der Waals surface area contributed by atoms with E-state index in [1.54, 1.807) is 12.4 Å². The van der Waals surface area contributed by atoms with Crippen LogP contribution in [0.1, 0.15) is 48.8 Å². The van der Waals surface area contributed by atoms with E-state index >= 15 is 0 Å². The summed E-state index contributed by atoms with van der Waals surface area (Å²) in [6.07, 6.45) is 5.06. The van der Waals surface area contributed by atoms with Crippen molar-refractivity contribution in [3.63, 3.8) is 0 Å². The summed E-state index contributed by atoms with van der Waals surface area (Å²) in [5.41, 5.74) is 2.54. The fourth-order valence-corrected chi connectivity index (χ4v) is 3.02. The Balaban J connectivity index is 1.83. The first-order valence-electron chi connectivity index (χ1n) is 7.07. The molecule has 2 atom stereocenters. The van der Waals surface area contributed by atoms with Crippen molar-refractivity contribution in [2.75, 3.05) is 0 Å². The van der Waals surface area contributed by atoms with Crippen LogP contribution >= 0.6 is 0 Å². The second-order valence-electron chi connectivity index (χ2n) is 5.52. The number of benzene rings is 1. The Bertz CT molecular complexity index is 608. The molecule has 1 aliphatic rings. The van der Waals surface area contributed by atoms with E-state index in [0.717, 1.165) is 18.7 Å². The number of nitrogens with zero attached hydrogens (tertiary/aromatic N) is 3. The van der Waals surface area contributed by atoms with Gasteiger partial charge >= 0.3 is 0 Å². The number of nitrogens with one attached hydrogen (secondary N) is 1. The molecule has 2 unspecified atom stereocenters. The first kappa shape index (κ1) is 13.1. The highest BCUT2D eigenvalue weighted by Gasteiger charge is 2.23. The minimum absolute atomic E-state index is 0.126. The van der Waals surface area contributed by atoms with Crippen molar-refractivity contribution >= 4 is 0 Å². The molecule has 0 amide bonds. The van der Waals surface area contributed by atoms with Crippen molar-refractivity contribution in [3.8, 4) is 5.75 Å². The summed E-state index contributed by atoms with van der Waals surface area (Å²) < 4.78 is 1.93. The molecule has 0 aliphatic heterocycles. The van der Waals surface area contributed by atoms with Gasteiger partial charge in [-0.2, -0.15) is 0 Å². The molecule has 1 aromatic heterocycles. The number of rotatable bonds is 3. The van der Waals surface area contributed by atoms with Crippen LogP contribution in [0.5, 0.6) is 5.75 Å². The Morgan fingerprint density at radius 2 is 2.30 bits per heavy atom. The molecule has 106 valence electrons. The zero-order valence-electron chi connectivity index (χ0n) is 11.9. The standard InChI is InChI=1S/C15H20N4O/c1-10(15-18-16-9-19(15)2)17-14-5-3-4-11-6-7-12(20)8-13(11)14/h6-10,14,17,20H,3-5H2,1-2H3. The Morgan fingerprint density at radius 3 is 3.05 bits per heavy atom. The van der Waals surface area contributed by atoms with E-state index in [4.69, 9.17) is 0 Å². The lowest BCUT2D eigenvalue weighted by atomic mass is 9.87. The third-order valence-electron chi connectivity index (χ3n) is 4.03. The molecule has 0 saturated carbocycles. The maximum absolute atomic E-state index is 9.71. The van der Waals surface area contributed by atoms with Crippen molar-refractivity contribution in [2.24, 2.45) is 7.05 Å². The average molecular weight is 272 g/mol. The fraction of sp³-hybridized carbons (Fsp3) is 0.467. The van der Waals surface area contributed by atoms with Gasteiger partial charge in [-0.3, -0.25) is 0 Å². The summed E-state index contributed by atoms with van der Waals surface area (Å²) >= 11 is 0. The maximum Gasteiger partial charge on any atom is 0.149 e. The van der Waals surface area contributed by atoms with Gasteiger partial charge in [-0.05, 0) is 49.4 Å². The molecule has 5 heteroatoms. The van der Waals surface area contributed by atoms with Crippen LogP contribution in [0.3, 0.4) is 0 Å². The third-order valence-corrected chi connectivity index (χ3v) is 4.03. The minimum Gasteiger partial charge on any atom is -0.508 e. The van der Waals surface area contributed by atoms with Gasteiger partial charge in [0.2, 0.25) is 0 Å². The molecular formula is C15H20N4O. The number of aromatic nitrogens is 3. The lowest BCUT2D eigenvalue weighted by Crippen LogP contribution is -2.29. The maximum atomic E-state index is 9.71. The number of aryl methyl sites for hydroxylation is 2. The van der Waals surface area contributed by atoms with Gasteiger partial charge in [0, 0.05) is 13.1 Å². The Hall–Kier alpha value is -1.88. The van der Waals surface area contributed by atoms with Gasteiger partial charge in [-0.15, -0.1) is 10.2 Å². The van der Waals surface area contributed by atoms with Crippen LogP contribution in [0.15, 0.2) is 24.5 Å². The van der Waals surface area contributed by atoms with Gasteiger partial charge in [0.25, 0.3) is 0 Å². The molecule has 3 rings (SSSR count). The van der Waals surface area contributed by atoms with Gasteiger partial charge in [-0.1, -0.05) is 6.07 Å². The molecule has 20 heavy (non-hydrogen) atoms. The number of hydrogen-bond donors (Lipinski definition) is 2. The Labute approximate surface area is 118 Å². The van der Waals surface area contributed by atoms with Crippen molar-refractivity contribution in [2.45, 2.75) is 38.3 Å². The predicted molar refractivity (Wildman–Crippen MR) is 76.3 cm³/mol. The van der Waals surface area contributed by atoms with E-state index in [0.29, 0.717) is 5.75 Å². The van der Waals surface area contributed by atoms with E-state index in [9.17, 15) is 5.11 Å². The average Bonchev–Trinajstić information content (AvgIpc) is 2.86. The number of aromatic hydroxyl groups is 1. The highest BCUT2D eigenvalue weighted by Crippen LogP contribution is 2.33. The minimum atomic E-state index is 0.126. The molecule has 1 aromatic carbocycles. The number of fused-ring (bicyclic) bond motifs is 1. The van der Waals surface area contributed by atoms with Crippen molar-refractivity contribution in [3.05, 3.63) is 41.5 Å². The number of phenolic OH excluding ortho intramolecular Hbond substituents is 1. The molecular weight excluding hydrogens is 252 g/mol. The van der Waals surface area contributed by atoms with Crippen LogP contribution in [-0.2, 0) is 13.5 Å². The van der Waals surface area contributed by atoms with Gasteiger partial charge in [0.05, 0.1) is 6.04 Å². The topological polar surface area (TPSA) is 63.0 Å². The molecule has 0 spiro atoms. The van der Waals surface area contributed by atoms with Crippen LogP contribution in [0.2, 0.25) is 0 Å². The Morgan fingerprint density at radius 1 is 1.45 bits per heavy atom. The molecule has 1 aliphatic carbocycles. The van der Waals surface area contributed by atoms with Crippen LogP contribution in [0.25, 0.3) is 0 Å². The van der Waals surface area contributed by atoms with Gasteiger partial charge in [0.15, 0.2) is 0 Å². The number of hydrogen-bond acceptors (Lipinski definition) is 4. The van der Waals surface area contributed by atoms with Gasteiger partial charge < -0.3 is 15.0 Å². The quantitative estimate of drug-likeness (QED) is 0.899. The Kier molecular flexibility index (Phi) is 3.44. The van der Waals surface area contributed by atoms with E-state index < -0.39 is 0 Å². The van der Waals surface area contributed by atoms with E-state index in [-0.39, 0.29) is 12.1 Å². The van der Waals surface area contributed by atoms with Crippen molar-refractivity contribution in [1.29, 1.82) is 0 Å². The van der Waals surface area contributed by atoms with Gasteiger partial charge in [-0.25, -0.2) is 0 Å². The monoisotopic (exact) mass is 272 g/mol. The molecule has 2 N–H and O–H groups in total. The molecule has 0 bridgehead atoms. The smallest absolute Gasteiger partial charge is 0.149 e. The highest BCUT2D eigenvalue weighted by molar-refractivity contribution is 5.38. The van der Waals surface area contributed by atoms with Crippen LogP contribution in [0.4, 0.5) is 0 Å². The first-order chi connectivity index (χ1) is 9.65. The van der Waals surface area contributed by atoms with Gasteiger partial charge in [0.1, 0.15) is 17.9 Å². The molecule has 0 radical (unpaired) electrons. The SMILES string of the molecule is CC(NC1CCCc2ccc(O)cc21)c1nncn1C. The summed E-state index contributed by atoms with van der Waals surface area (Å²) in [6, 6.07) is 6.08. The van der Waals surface area contributed by atoms with Crippen LogP contribution < -0.4 is 5.32 Å². The molecule has 1 heterocycles. The van der Waals surface area contributed by atoms with E-state index in [2.05, 4.69) is 22.4 Å². The predicted octanol–water partition coefficient (Wildman–Crippen LogP) is 2.25. The van der Waals surface area contributed by atoms with Crippen LogP contribution in [-0.4, -0.2) is 19.9 Å². The summed E-state index contributed by atoms with van der Waals surface area (Å²) in [7, 11) is 1.95. The molecule has 0 fully saturated rings. The van der Waals surface area contributed by atoms with Crippen molar-refractivity contribution < 1.29 is 5.11 Å². The summed E-state index contributed by atoms with van der Waals surface area (Å²) in [5.74, 6) is 1.26. The molecule has 0 saturated heterocycles.